The molecule has 0 saturated carbocycles. The Balaban J connectivity index is 1.80. The fourth-order valence-corrected chi connectivity index (χ4v) is 1.62. The number of halogens is 1. The Labute approximate surface area is 129 Å². The molecule has 120 valence electrons. The maximum atomic E-state index is 13.3. The second-order valence-electron chi connectivity index (χ2n) is 4.34. The van der Waals surface area contributed by atoms with E-state index in [2.05, 4.69) is 14.5 Å². The van der Waals surface area contributed by atoms with Gasteiger partial charge in [-0.3, -0.25) is 14.9 Å². The molecule has 0 aliphatic heterocycles. The number of amides is 1. The number of hydrogen-bond acceptors (Lipinski definition) is 6. The van der Waals surface area contributed by atoms with Gasteiger partial charge in [0.25, 0.3) is 5.91 Å². The van der Waals surface area contributed by atoms with Crippen LogP contribution in [0.5, 0.6) is 0 Å². The molecule has 0 radical (unpaired) electrons. The summed E-state index contributed by atoms with van der Waals surface area (Å²) in [6.07, 6.45) is 0. The number of hydrogen-bond donors (Lipinski definition) is 1. The maximum absolute atomic E-state index is 13.3. The zero-order chi connectivity index (χ0) is 16.8. The SMILES string of the molecule is O=C(COC(=O)c1ccc([N+](=O)[O-])o1)NCc1ccccc1F. The molecule has 0 saturated heterocycles. The van der Waals surface area contributed by atoms with Crippen LogP contribution in [0.15, 0.2) is 40.8 Å². The minimum atomic E-state index is -1.01. The van der Waals surface area contributed by atoms with E-state index in [4.69, 9.17) is 0 Å². The van der Waals surface area contributed by atoms with Crippen molar-refractivity contribution in [3.63, 3.8) is 0 Å². The van der Waals surface area contributed by atoms with Gasteiger partial charge in [0.05, 0.1) is 6.07 Å². The van der Waals surface area contributed by atoms with E-state index in [0.29, 0.717) is 0 Å². The average Bonchev–Trinajstić information content (AvgIpc) is 3.02. The lowest BCUT2D eigenvalue weighted by Crippen LogP contribution is -2.28. The molecule has 0 spiro atoms. The second-order valence-corrected chi connectivity index (χ2v) is 4.34. The molecule has 2 aromatic rings. The monoisotopic (exact) mass is 322 g/mol. The average molecular weight is 322 g/mol. The van der Waals surface area contributed by atoms with E-state index in [0.717, 1.165) is 12.1 Å². The number of ether oxygens (including phenoxy) is 1. The number of furan rings is 1. The van der Waals surface area contributed by atoms with Gasteiger partial charge in [0, 0.05) is 12.1 Å². The number of carbonyl (C=O) groups excluding carboxylic acids is 2. The van der Waals surface area contributed by atoms with Crippen LogP contribution in [0.2, 0.25) is 0 Å². The lowest BCUT2D eigenvalue weighted by Gasteiger charge is -2.06. The van der Waals surface area contributed by atoms with Crippen LogP contribution in [0.3, 0.4) is 0 Å². The Kier molecular flexibility index (Phi) is 5.03. The molecule has 0 atom stereocenters. The van der Waals surface area contributed by atoms with Gasteiger partial charge in [0.15, 0.2) is 6.61 Å². The van der Waals surface area contributed by atoms with E-state index in [1.165, 1.54) is 18.2 Å². The molecule has 0 aliphatic carbocycles. The zero-order valence-electron chi connectivity index (χ0n) is 11.7. The van der Waals surface area contributed by atoms with Crippen molar-refractivity contribution in [2.75, 3.05) is 6.61 Å². The van der Waals surface area contributed by atoms with Gasteiger partial charge in [-0.05, 0) is 12.1 Å². The third-order valence-electron chi connectivity index (χ3n) is 2.74. The van der Waals surface area contributed by atoms with Gasteiger partial charge in [0.2, 0.25) is 5.76 Å². The summed E-state index contributed by atoms with van der Waals surface area (Å²) in [6, 6.07) is 7.96. The quantitative estimate of drug-likeness (QED) is 0.493. The summed E-state index contributed by atoms with van der Waals surface area (Å²) in [5.41, 5.74) is 0.286. The van der Waals surface area contributed by atoms with Crippen molar-refractivity contribution in [1.82, 2.24) is 5.32 Å². The summed E-state index contributed by atoms with van der Waals surface area (Å²) >= 11 is 0. The Hall–Kier alpha value is -3.23. The smallest absolute Gasteiger partial charge is 0.433 e. The number of carbonyl (C=O) groups is 2. The summed E-state index contributed by atoms with van der Waals surface area (Å²) in [5, 5.41) is 12.8. The predicted molar refractivity (Wildman–Crippen MR) is 73.9 cm³/mol. The highest BCUT2D eigenvalue weighted by molar-refractivity contribution is 5.89. The number of benzene rings is 1. The van der Waals surface area contributed by atoms with Crippen LogP contribution in [0.25, 0.3) is 0 Å². The molecule has 1 N–H and O–H groups in total. The van der Waals surface area contributed by atoms with Crippen LogP contribution in [-0.4, -0.2) is 23.4 Å². The topological polar surface area (TPSA) is 112 Å². The number of nitrogens with zero attached hydrogens (tertiary/aromatic N) is 1. The van der Waals surface area contributed by atoms with Crippen molar-refractivity contribution < 1.29 is 28.1 Å². The van der Waals surface area contributed by atoms with E-state index < -0.39 is 40.9 Å². The lowest BCUT2D eigenvalue weighted by atomic mass is 10.2. The second kappa shape index (κ2) is 7.16. The normalized spacial score (nSPS) is 10.1. The van der Waals surface area contributed by atoms with Gasteiger partial charge in [-0.15, -0.1) is 0 Å². The molecule has 1 aromatic heterocycles. The van der Waals surface area contributed by atoms with Crippen molar-refractivity contribution in [1.29, 1.82) is 0 Å². The fraction of sp³-hybridized carbons (Fsp3) is 0.143. The molecule has 1 amide bonds. The van der Waals surface area contributed by atoms with Crippen molar-refractivity contribution in [3.05, 3.63) is 63.7 Å². The maximum Gasteiger partial charge on any atom is 0.433 e. The number of nitrogens with one attached hydrogen (secondary N) is 1. The van der Waals surface area contributed by atoms with E-state index in [1.807, 2.05) is 0 Å². The van der Waals surface area contributed by atoms with Crippen molar-refractivity contribution in [3.8, 4) is 0 Å². The minimum absolute atomic E-state index is 0.0602. The number of esters is 1. The fourth-order valence-electron chi connectivity index (χ4n) is 1.62. The van der Waals surface area contributed by atoms with Crippen LogP contribution in [-0.2, 0) is 16.1 Å². The number of nitro groups is 1. The third kappa shape index (κ3) is 4.37. The van der Waals surface area contributed by atoms with Gasteiger partial charge in [0.1, 0.15) is 10.7 Å². The molecule has 1 heterocycles. The van der Waals surface area contributed by atoms with Gasteiger partial charge in [-0.25, -0.2) is 9.18 Å². The number of rotatable bonds is 6. The molecule has 8 nitrogen and oxygen atoms in total. The first-order valence-corrected chi connectivity index (χ1v) is 6.39. The van der Waals surface area contributed by atoms with Gasteiger partial charge < -0.3 is 14.5 Å². The van der Waals surface area contributed by atoms with E-state index >= 15 is 0 Å². The molecular formula is C14H11FN2O6. The third-order valence-corrected chi connectivity index (χ3v) is 2.74. The largest absolute Gasteiger partial charge is 0.450 e. The Morgan fingerprint density at radius 2 is 2.00 bits per heavy atom. The zero-order valence-corrected chi connectivity index (χ0v) is 11.7. The first-order valence-electron chi connectivity index (χ1n) is 6.39. The first-order chi connectivity index (χ1) is 11.0. The predicted octanol–water partition coefficient (Wildman–Crippen LogP) is 1.80. The molecule has 0 unspecified atom stereocenters. The minimum Gasteiger partial charge on any atom is -0.450 e. The molecule has 0 bridgehead atoms. The summed E-state index contributed by atoms with van der Waals surface area (Å²) in [5.74, 6) is -3.13. The summed E-state index contributed by atoms with van der Waals surface area (Å²) in [7, 11) is 0. The highest BCUT2D eigenvalue weighted by atomic mass is 19.1. The van der Waals surface area contributed by atoms with Gasteiger partial charge >= 0.3 is 11.9 Å². The lowest BCUT2D eigenvalue weighted by molar-refractivity contribution is -0.402. The molecule has 1 aromatic carbocycles. The van der Waals surface area contributed by atoms with Crippen molar-refractivity contribution >= 4 is 17.8 Å². The van der Waals surface area contributed by atoms with E-state index in [9.17, 15) is 24.1 Å². The summed E-state index contributed by atoms with van der Waals surface area (Å²) in [4.78, 5) is 32.7. The standard InChI is InChI=1S/C14H11FN2O6/c15-10-4-2-1-3-9(10)7-16-12(18)8-22-14(19)11-5-6-13(23-11)17(20)21/h1-6H,7-8H2,(H,16,18). The molecular weight excluding hydrogens is 311 g/mol. The molecule has 0 fully saturated rings. The highest BCUT2D eigenvalue weighted by Gasteiger charge is 2.19. The van der Waals surface area contributed by atoms with Crippen LogP contribution in [0.4, 0.5) is 10.3 Å². The van der Waals surface area contributed by atoms with Crippen LogP contribution in [0, 0.1) is 15.9 Å². The molecule has 2 rings (SSSR count). The van der Waals surface area contributed by atoms with Crippen LogP contribution >= 0.6 is 0 Å². The molecule has 23 heavy (non-hydrogen) atoms. The van der Waals surface area contributed by atoms with Crippen LogP contribution in [0.1, 0.15) is 16.1 Å². The van der Waals surface area contributed by atoms with Gasteiger partial charge in [-0.1, -0.05) is 18.2 Å². The van der Waals surface area contributed by atoms with E-state index in [-0.39, 0.29) is 12.1 Å². The molecule has 0 aliphatic rings. The summed E-state index contributed by atoms with van der Waals surface area (Å²) < 4.78 is 22.6. The Bertz CT molecular complexity index is 742. The Morgan fingerprint density at radius 3 is 2.65 bits per heavy atom. The van der Waals surface area contributed by atoms with Crippen molar-refractivity contribution in [2.45, 2.75) is 6.54 Å². The van der Waals surface area contributed by atoms with E-state index in [1.54, 1.807) is 6.07 Å². The molecule has 9 heteroatoms. The Morgan fingerprint density at radius 1 is 1.26 bits per heavy atom. The van der Waals surface area contributed by atoms with Crippen LogP contribution < -0.4 is 5.32 Å². The highest BCUT2D eigenvalue weighted by Crippen LogP contribution is 2.16. The summed E-state index contributed by atoms with van der Waals surface area (Å²) in [6.45, 7) is -0.683. The first kappa shape index (κ1) is 16.1. The van der Waals surface area contributed by atoms with Gasteiger partial charge in [-0.2, -0.15) is 0 Å². The van der Waals surface area contributed by atoms with Crippen molar-refractivity contribution in [2.24, 2.45) is 0 Å².